The minimum atomic E-state index is 0.125. The number of carbonyl (C=O) groups is 1. The first-order valence-electron chi connectivity index (χ1n) is 5.67. The molecule has 1 fully saturated rings. The highest BCUT2D eigenvalue weighted by atomic mass is 35.5. The third-order valence-corrected chi connectivity index (χ3v) is 4.25. The van der Waals surface area contributed by atoms with E-state index < -0.39 is 0 Å². The molecule has 1 N–H and O–H groups in total. The normalized spacial score (nSPS) is 24.6. The van der Waals surface area contributed by atoms with Gasteiger partial charge in [-0.05, 0) is 36.6 Å². The van der Waals surface area contributed by atoms with Crippen LogP contribution in [0.3, 0.4) is 0 Å². The Morgan fingerprint density at radius 2 is 2.44 bits per heavy atom. The van der Waals surface area contributed by atoms with Crippen molar-refractivity contribution in [2.45, 2.75) is 31.1 Å². The first-order valence-corrected chi connectivity index (χ1v) is 6.99. The summed E-state index contributed by atoms with van der Waals surface area (Å²) in [4.78, 5) is 12.7. The van der Waals surface area contributed by atoms with Crippen molar-refractivity contribution in [3.8, 4) is 0 Å². The molecular formula is C12H16ClNOS. The van der Waals surface area contributed by atoms with Gasteiger partial charge in [0.05, 0.1) is 6.42 Å². The van der Waals surface area contributed by atoms with Gasteiger partial charge in [0.15, 0.2) is 0 Å². The average molecular weight is 258 g/mol. The van der Waals surface area contributed by atoms with Gasteiger partial charge in [0.1, 0.15) is 0 Å². The molecule has 1 aliphatic rings. The lowest BCUT2D eigenvalue weighted by Gasteiger charge is -2.10. The van der Waals surface area contributed by atoms with E-state index in [-0.39, 0.29) is 5.91 Å². The monoisotopic (exact) mass is 257 g/mol. The van der Waals surface area contributed by atoms with E-state index >= 15 is 0 Å². The van der Waals surface area contributed by atoms with Gasteiger partial charge >= 0.3 is 0 Å². The topological polar surface area (TPSA) is 29.1 Å². The molecule has 1 heterocycles. The van der Waals surface area contributed by atoms with Gasteiger partial charge in [-0.1, -0.05) is 6.07 Å². The number of rotatable bonds is 4. The van der Waals surface area contributed by atoms with E-state index in [0.29, 0.717) is 17.7 Å². The molecular weight excluding hydrogens is 242 g/mol. The maximum atomic E-state index is 11.6. The molecule has 0 aromatic carbocycles. The lowest BCUT2D eigenvalue weighted by Crippen LogP contribution is -2.29. The highest BCUT2D eigenvalue weighted by Gasteiger charge is 2.22. The minimum Gasteiger partial charge on any atom is -0.356 e. The minimum absolute atomic E-state index is 0.125. The fourth-order valence-corrected chi connectivity index (χ4v) is 3.17. The zero-order chi connectivity index (χ0) is 11.4. The molecule has 1 aromatic rings. The lowest BCUT2D eigenvalue weighted by atomic mass is 10.1. The number of nitrogens with one attached hydrogen (secondary N) is 1. The van der Waals surface area contributed by atoms with Crippen LogP contribution < -0.4 is 5.32 Å². The number of amides is 1. The summed E-state index contributed by atoms with van der Waals surface area (Å²) in [6.45, 7) is 0.785. The molecule has 1 saturated carbocycles. The number of hydrogen-bond donors (Lipinski definition) is 1. The molecule has 4 heteroatoms. The van der Waals surface area contributed by atoms with Crippen LogP contribution >= 0.6 is 22.9 Å². The van der Waals surface area contributed by atoms with Crippen molar-refractivity contribution in [2.24, 2.45) is 5.92 Å². The Kier molecular flexibility index (Phi) is 4.24. The van der Waals surface area contributed by atoms with Crippen LogP contribution in [0.1, 0.15) is 24.1 Å². The van der Waals surface area contributed by atoms with E-state index in [1.54, 1.807) is 11.3 Å². The standard InChI is InChI=1S/C12H16ClNOS/c13-10-4-3-9(6-10)8-14-12(15)7-11-2-1-5-16-11/h1-2,5,9-10H,3-4,6-8H2,(H,14,15). The third kappa shape index (κ3) is 3.49. The summed E-state index contributed by atoms with van der Waals surface area (Å²) in [6.07, 6.45) is 3.79. The fraction of sp³-hybridized carbons (Fsp3) is 0.583. The van der Waals surface area contributed by atoms with Crippen LogP contribution in [0, 0.1) is 5.92 Å². The van der Waals surface area contributed by atoms with Gasteiger partial charge < -0.3 is 5.32 Å². The molecule has 2 atom stereocenters. The quantitative estimate of drug-likeness (QED) is 0.826. The van der Waals surface area contributed by atoms with Crippen molar-refractivity contribution >= 4 is 28.8 Å². The Morgan fingerprint density at radius 3 is 3.06 bits per heavy atom. The van der Waals surface area contributed by atoms with Crippen LogP contribution in [0.15, 0.2) is 17.5 Å². The largest absolute Gasteiger partial charge is 0.356 e. The van der Waals surface area contributed by atoms with Crippen LogP contribution in [-0.4, -0.2) is 17.8 Å². The van der Waals surface area contributed by atoms with E-state index in [2.05, 4.69) is 5.32 Å². The van der Waals surface area contributed by atoms with E-state index in [4.69, 9.17) is 11.6 Å². The molecule has 2 nitrogen and oxygen atoms in total. The first-order chi connectivity index (χ1) is 7.74. The van der Waals surface area contributed by atoms with Gasteiger partial charge in [-0.2, -0.15) is 0 Å². The van der Waals surface area contributed by atoms with Crippen molar-refractivity contribution in [3.63, 3.8) is 0 Å². The zero-order valence-electron chi connectivity index (χ0n) is 9.12. The molecule has 2 rings (SSSR count). The molecule has 0 radical (unpaired) electrons. The van der Waals surface area contributed by atoms with Crippen LogP contribution in [0.25, 0.3) is 0 Å². The summed E-state index contributed by atoms with van der Waals surface area (Å²) in [6, 6.07) is 3.97. The molecule has 0 aliphatic heterocycles. The summed E-state index contributed by atoms with van der Waals surface area (Å²) < 4.78 is 0. The van der Waals surface area contributed by atoms with Gasteiger partial charge in [-0.3, -0.25) is 4.79 Å². The third-order valence-electron chi connectivity index (χ3n) is 2.98. The van der Waals surface area contributed by atoms with Gasteiger partial charge in [0.2, 0.25) is 5.91 Å². The van der Waals surface area contributed by atoms with E-state index in [1.165, 1.54) is 0 Å². The highest BCUT2D eigenvalue weighted by Crippen LogP contribution is 2.28. The maximum Gasteiger partial charge on any atom is 0.225 e. The van der Waals surface area contributed by atoms with E-state index in [9.17, 15) is 4.79 Å². The molecule has 1 aliphatic carbocycles. The Labute approximate surface area is 105 Å². The van der Waals surface area contributed by atoms with E-state index in [1.807, 2.05) is 17.5 Å². The molecule has 2 unspecified atom stereocenters. The Bertz CT molecular complexity index is 339. The molecule has 88 valence electrons. The Hall–Kier alpha value is -0.540. The van der Waals surface area contributed by atoms with Crippen LogP contribution in [-0.2, 0) is 11.2 Å². The number of carbonyl (C=O) groups excluding carboxylic acids is 1. The number of halogens is 1. The van der Waals surface area contributed by atoms with Crippen LogP contribution in [0.5, 0.6) is 0 Å². The summed E-state index contributed by atoms with van der Waals surface area (Å²) in [5.41, 5.74) is 0. The summed E-state index contributed by atoms with van der Waals surface area (Å²) in [5, 5.41) is 5.31. The summed E-state index contributed by atoms with van der Waals surface area (Å²) >= 11 is 7.65. The van der Waals surface area contributed by atoms with Crippen molar-refractivity contribution in [1.29, 1.82) is 0 Å². The SMILES string of the molecule is O=C(Cc1cccs1)NCC1CCC(Cl)C1. The van der Waals surface area contributed by atoms with Crippen LogP contribution in [0.2, 0.25) is 0 Å². The number of alkyl halides is 1. The molecule has 1 amide bonds. The number of hydrogen-bond acceptors (Lipinski definition) is 2. The first kappa shape index (κ1) is 11.9. The predicted octanol–water partition coefficient (Wildman–Crippen LogP) is 2.81. The van der Waals surface area contributed by atoms with Crippen molar-refractivity contribution in [3.05, 3.63) is 22.4 Å². The fourth-order valence-electron chi connectivity index (χ4n) is 2.09. The maximum absolute atomic E-state index is 11.6. The summed E-state index contributed by atoms with van der Waals surface area (Å²) in [7, 11) is 0. The highest BCUT2D eigenvalue weighted by molar-refractivity contribution is 7.10. The predicted molar refractivity (Wildman–Crippen MR) is 68.0 cm³/mol. The van der Waals surface area contributed by atoms with Gasteiger partial charge in [0, 0.05) is 16.8 Å². The smallest absolute Gasteiger partial charge is 0.225 e. The number of thiophene rings is 1. The molecule has 0 saturated heterocycles. The van der Waals surface area contributed by atoms with Crippen molar-refractivity contribution in [1.82, 2.24) is 5.32 Å². The van der Waals surface area contributed by atoms with Crippen molar-refractivity contribution < 1.29 is 4.79 Å². The van der Waals surface area contributed by atoms with Gasteiger partial charge in [-0.15, -0.1) is 22.9 Å². The Balaban J connectivity index is 1.68. The Morgan fingerprint density at radius 1 is 1.56 bits per heavy atom. The second-order valence-corrected chi connectivity index (χ2v) is 5.99. The summed E-state index contributed by atoms with van der Waals surface area (Å²) in [5.74, 6) is 0.704. The van der Waals surface area contributed by atoms with Crippen LogP contribution in [0.4, 0.5) is 0 Å². The van der Waals surface area contributed by atoms with Crippen molar-refractivity contribution in [2.75, 3.05) is 6.54 Å². The molecule has 1 aromatic heterocycles. The van der Waals surface area contributed by atoms with Gasteiger partial charge in [0.25, 0.3) is 0 Å². The van der Waals surface area contributed by atoms with E-state index in [0.717, 1.165) is 30.7 Å². The zero-order valence-corrected chi connectivity index (χ0v) is 10.7. The molecule has 0 bridgehead atoms. The second-order valence-electron chi connectivity index (χ2n) is 4.34. The van der Waals surface area contributed by atoms with Gasteiger partial charge in [-0.25, -0.2) is 0 Å². The average Bonchev–Trinajstić information content (AvgIpc) is 2.87. The second kappa shape index (κ2) is 5.69. The molecule has 0 spiro atoms. The molecule has 16 heavy (non-hydrogen) atoms. The lowest BCUT2D eigenvalue weighted by molar-refractivity contribution is -0.120.